The van der Waals surface area contributed by atoms with Crippen LogP contribution in [0, 0.1) is 0 Å². The fourth-order valence-corrected chi connectivity index (χ4v) is 2.32. The van der Waals surface area contributed by atoms with Crippen LogP contribution in [0.4, 0.5) is 0 Å². The molecule has 0 aliphatic heterocycles. The van der Waals surface area contributed by atoms with Crippen LogP contribution in [0.15, 0.2) is 30.3 Å². The SMILES string of the molecule is CS(=O)(=O)CCCNCCCc1ccccc1. The number of sulfone groups is 1. The number of benzene rings is 1. The molecule has 0 unspecified atom stereocenters. The van der Waals surface area contributed by atoms with Crippen molar-refractivity contribution >= 4 is 9.84 Å². The summed E-state index contributed by atoms with van der Waals surface area (Å²) in [6.45, 7) is 1.72. The van der Waals surface area contributed by atoms with Gasteiger partial charge < -0.3 is 5.32 Å². The molecule has 0 saturated heterocycles. The zero-order chi connectivity index (χ0) is 12.6. The summed E-state index contributed by atoms with van der Waals surface area (Å²) in [7, 11) is -2.80. The highest BCUT2D eigenvalue weighted by molar-refractivity contribution is 7.90. The van der Waals surface area contributed by atoms with Crippen molar-refractivity contribution in [3.8, 4) is 0 Å². The van der Waals surface area contributed by atoms with E-state index in [9.17, 15) is 8.42 Å². The van der Waals surface area contributed by atoms with E-state index in [2.05, 4.69) is 29.6 Å². The monoisotopic (exact) mass is 255 g/mol. The first kappa shape index (κ1) is 14.2. The summed E-state index contributed by atoms with van der Waals surface area (Å²) in [5.41, 5.74) is 1.35. The minimum atomic E-state index is -2.80. The molecular weight excluding hydrogens is 234 g/mol. The van der Waals surface area contributed by atoms with E-state index in [1.54, 1.807) is 0 Å². The molecule has 3 nitrogen and oxygen atoms in total. The first-order valence-electron chi connectivity index (χ1n) is 6.00. The second-order valence-electron chi connectivity index (χ2n) is 4.32. The molecule has 17 heavy (non-hydrogen) atoms. The van der Waals surface area contributed by atoms with Gasteiger partial charge in [-0.05, 0) is 37.9 Å². The Morgan fingerprint density at radius 3 is 2.35 bits per heavy atom. The van der Waals surface area contributed by atoms with Crippen LogP contribution < -0.4 is 5.32 Å². The summed E-state index contributed by atoms with van der Waals surface area (Å²) in [5, 5.41) is 3.26. The molecule has 96 valence electrons. The normalized spacial score (nSPS) is 11.6. The Bertz CT molecular complexity index is 401. The van der Waals surface area contributed by atoms with Crippen molar-refractivity contribution in [3.05, 3.63) is 35.9 Å². The van der Waals surface area contributed by atoms with Gasteiger partial charge >= 0.3 is 0 Å². The summed E-state index contributed by atoms with van der Waals surface area (Å²) in [6, 6.07) is 10.4. The Morgan fingerprint density at radius 1 is 1.06 bits per heavy atom. The lowest BCUT2D eigenvalue weighted by atomic mass is 10.1. The summed E-state index contributed by atoms with van der Waals surface area (Å²) < 4.78 is 21.8. The number of rotatable bonds is 8. The molecular formula is C13H21NO2S. The van der Waals surface area contributed by atoms with Crippen molar-refractivity contribution in [2.24, 2.45) is 0 Å². The molecule has 1 rings (SSSR count). The largest absolute Gasteiger partial charge is 0.317 e. The third-order valence-corrected chi connectivity index (χ3v) is 3.56. The maximum atomic E-state index is 10.9. The molecule has 0 aromatic heterocycles. The van der Waals surface area contributed by atoms with E-state index >= 15 is 0 Å². The van der Waals surface area contributed by atoms with Gasteiger partial charge in [-0.3, -0.25) is 0 Å². The highest BCUT2D eigenvalue weighted by atomic mass is 32.2. The Balaban J connectivity index is 1.99. The van der Waals surface area contributed by atoms with Gasteiger partial charge in [0.15, 0.2) is 0 Å². The number of aryl methyl sites for hydroxylation is 1. The van der Waals surface area contributed by atoms with E-state index < -0.39 is 9.84 Å². The molecule has 0 aliphatic carbocycles. The van der Waals surface area contributed by atoms with Crippen LogP contribution in [0.2, 0.25) is 0 Å². The molecule has 1 N–H and O–H groups in total. The van der Waals surface area contributed by atoms with Crippen LogP contribution >= 0.6 is 0 Å². The van der Waals surface area contributed by atoms with Gasteiger partial charge in [0.05, 0.1) is 5.75 Å². The average molecular weight is 255 g/mol. The van der Waals surface area contributed by atoms with Crippen molar-refractivity contribution in [2.75, 3.05) is 25.1 Å². The van der Waals surface area contributed by atoms with E-state index in [1.807, 2.05) is 6.07 Å². The first-order chi connectivity index (χ1) is 8.08. The molecule has 4 heteroatoms. The van der Waals surface area contributed by atoms with Crippen LogP contribution in [0.5, 0.6) is 0 Å². The molecule has 0 fully saturated rings. The van der Waals surface area contributed by atoms with Gasteiger partial charge in [0.25, 0.3) is 0 Å². The fourth-order valence-electron chi connectivity index (χ4n) is 1.65. The average Bonchev–Trinajstić information content (AvgIpc) is 2.28. The zero-order valence-corrected chi connectivity index (χ0v) is 11.2. The molecule has 0 atom stereocenters. The first-order valence-corrected chi connectivity index (χ1v) is 8.06. The standard InChI is InChI=1S/C13H21NO2S/c1-17(15,16)12-6-11-14-10-5-9-13-7-3-2-4-8-13/h2-4,7-8,14H,5-6,9-12H2,1H3. The Morgan fingerprint density at radius 2 is 1.71 bits per heavy atom. The zero-order valence-electron chi connectivity index (χ0n) is 10.4. The Labute approximate surface area is 104 Å². The highest BCUT2D eigenvalue weighted by Crippen LogP contribution is 2.01. The topological polar surface area (TPSA) is 46.2 Å². The second-order valence-corrected chi connectivity index (χ2v) is 6.58. The predicted molar refractivity (Wildman–Crippen MR) is 72.0 cm³/mol. The third-order valence-electron chi connectivity index (χ3n) is 2.53. The molecule has 0 amide bonds. The highest BCUT2D eigenvalue weighted by Gasteiger charge is 2.00. The maximum absolute atomic E-state index is 10.9. The summed E-state index contributed by atoms with van der Waals surface area (Å²) in [6.07, 6.45) is 4.13. The van der Waals surface area contributed by atoms with E-state index in [0.29, 0.717) is 6.42 Å². The summed E-state index contributed by atoms with van der Waals surface area (Å²) in [4.78, 5) is 0. The Hall–Kier alpha value is -0.870. The molecule has 0 saturated carbocycles. The molecule has 0 bridgehead atoms. The van der Waals surface area contributed by atoms with Gasteiger partial charge in [0.1, 0.15) is 9.84 Å². The quantitative estimate of drug-likeness (QED) is 0.718. The van der Waals surface area contributed by atoms with E-state index in [1.165, 1.54) is 11.8 Å². The maximum Gasteiger partial charge on any atom is 0.147 e. The lowest BCUT2D eigenvalue weighted by Gasteiger charge is -2.04. The van der Waals surface area contributed by atoms with Gasteiger partial charge in [-0.15, -0.1) is 0 Å². The predicted octanol–water partition coefficient (Wildman–Crippen LogP) is 1.64. The van der Waals surface area contributed by atoms with Gasteiger partial charge in [-0.2, -0.15) is 0 Å². The lowest BCUT2D eigenvalue weighted by Crippen LogP contribution is -2.19. The molecule has 0 radical (unpaired) electrons. The van der Waals surface area contributed by atoms with Crippen LogP contribution in [0.25, 0.3) is 0 Å². The Kier molecular flexibility index (Phi) is 6.22. The van der Waals surface area contributed by atoms with Gasteiger partial charge in [-0.1, -0.05) is 30.3 Å². The summed E-state index contributed by atoms with van der Waals surface area (Å²) in [5.74, 6) is 0.276. The molecule has 0 heterocycles. The van der Waals surface area contributed by atoms with E-state index in [4.69, 9.17) is 0 Å². The van der Waals surface area contributed by atoms with E-state index in [-0.39, 0.29) is 5.75 Å². The minimum Gasteiger partial charge on any atom is -0.317 e. The van der Waals surface area contributed by atoms with Crippen molar-refractivity contribution in [2.45, 2.75) is 19.3 Å². The van der Waals surface area contributed by atoms with Gasteiger partial charge in [-0.25, -0.2) is 8.42 Å². The van der Waals surface area contributed by atoms with E-state index in [0.717, 1.165) is 25.9 Å². The molecule has 0 spiro atoms. The molecule has 1 aromatic carbocycles. The molecule has 0 aliphatic rings. The molecule has 1 aromatic rings. The van der Waals surface area contributed by atoms with Crippen LogP contribution in [0.1, 0.15) is 18.4 Å². The van der Waals surface area contributed by atoms with Gasteiger partial charge in [0, 0.05) is 6.26 Å². The van der Waals surface area contributed by atoms with Crippen molar-refractivity contribution in [1.82, 2.24) is 5.32 Å². The number of hydrogen-bond donors (Lipinski definition) is 1. The smallest absolute Gasteiger partial charge is 0.147 e. The van der Waals surface area contributed by atoms with Crippen LogP contribution in [0.3, 0.4) is 0 Å². The number of hydrogen-bond acceptors (Lipinski definition) is 3. The minimum absolute atomic E-state index is 0.276. The number of nitrogens with one attached hydrogen (secondary N) is 1. The van der Waals surface area contributed by atoms with Crippen molar-refractivity contribution < 1.29 is 8.42 Å². The van der Waals surface area contributed by atoms with Crippen LogP contribution in [-0.4, -0.2) is 33.5 Å². The van der Waals surface area contributed by atoms with Crippen molar-refractivity contribution in [1.29, 1.82) is 0 Å². The summed E-state index contributed by atoms with van der Waals surface area (Å²) >= 11 is 0. The fraction of sp³-hybridized carbons (Fsp3) is 0.538. The van der Waals surface area contributed by atoms with Crippen LogP contribution in [-0.2, 0) is 16.3 Å². The van der Waals surface area contributed by atoms with Gasteiger partial charge in [0.2, 0.25) is 0 Å². The van der Waals surface area contributed by atoms with Crippen molar-refractivity contribution in [3.63, 3.8) is 0 Å². The third kappa shape index (κ3) is 7.94. The lowest BCUT2D eigenvalue weighted by molar-refractivity contribution is 0.592. The second kappa shape index (κ2) is 7.45.